The number of hydrogen-bond donors (Lipinski definition) is 3. The van der Waals surface area contributed by atoms with Gasteiger partial charge in [0.15, 0.2) is 0 Å². The van der Waals surface area contributed by atoms with Gasteiger partial charge in [-0.2, -0.15) is 0 Å². The predicted octanol–water partition coefficient (Wildman–Crippen LogP) is 3.53. The molecule has 0 spiro atoms. The first-order valence-electron chi connectivity index (χ1n) is 7.76. The van der Waals surface area contributed by atoms with Crippen LogP contribution in [-0.4, -0.2) is 24.9 Å². The Bertz CT molecular complexity index is 705. The summed E-state index contributed by atoms with van der Waals surface area (Å²) in [6, 6.07) is 14.1. The van der Waals surface area contributed by atoms with E-state index in [9.17, 15) is 9.59 Å². The predicted molar refractivity (Wildman–Crippen MR) is 97.6 cm³/mol. The standard InChI is InChI=1S/C18H20ClN3O2/c1-2-10-20-18(24)15-9-8-13(19)11-16(15)21-12-17(23)22-14-6-4-3-5-7-14/h3-9,11,21H,2,10,12H2,1H3,(H,20,24)(H,22,23). The Balaban J connectivity index is 2.01. The van der Waals surface area contributed by atoms with Crippen LogP contribution in [-0.2, 0) is 4.79 Å². The number of hydrogen-bond acceptors (Lipinski definition) is 3. The molecule has 0 bridgehead atoms. The molecule has 2 aromatic carbocycles. The van der Waals surface area contributed by atoms with Gasteiger partial charge in [0.1, 0.15) is 0 Å². The maximum absolute atomic E-state index is 12.2. The van der Waals surface area contributed by atoms with Crippen LogP contribution in [0.3, 0.4) is 0 Å². The molecule has 6 heteroatoms. The molecule has 0 radical (unpaired) electrons. The summed E-state index contributed by atoms with van der Waals surface area (Å²) in [7, 11) is 0. The monoisotopic (exact) mass is 345 g/mol. The highest BCUT2D eigenvalue weighted by Crippen LogP contribution is 2.21. The lowest BCUT2D eigenvalue weighted by molar-refractivity contribution is -0.114. The largest absolute Gasteiger partial charge is 0.375 e. The van der Waals surface area contributed by atoms with Gasteiger partial charge in [0, 0.05) is 22.9 Å². The SMILES string of the molecule is CCCNC(=O)c1ccc(Cl)cc1NCC(=O)Nc1ccccc1. The summed E-state index contributed by atoms with van der Waals surface area (Å²) >= 11 is 6.00. The number of para-hydroxylation sites is 1. The summed E-state index contributed by atoms with van der Waals surface area (Å²) in [6.45, 7) is 2.61. The lowest BCUT2D eigenvalue weighted by atomic mass is 10.1. The van der Waals surface area contributed by atoms with Crippen LogP contribution in [0.2, 0.25) is 5.02 Å². The molecule has 24 heavy (non-hydrogen) atoms. The Kier molecular flexibility index (Phi) is 6.63. The van der Waals surface area contributed by atoms with E-state index in [0.717, 1.165) is 12.1 Å². The fourth-order valence-corrected chi connectivity index (χ4v) is 2.27. The van der Waals surface area contributed by atoms with Gasteiger partial charge in [-0.1, -0.05) is 36.7 Å². The summed E-state index contributed by atoms with van der Waals surface area (Å²) in [5, 5.41) is 9.06. The zero-order chi connectivity index (χ0) is 17.4. The van der Waals surface area contributed by atoms with E-state index in [1.54, 1.807) is 30.3 Å². The molecule has 0 atom stereocenters. The van der Waals surface area contributed by atoms with Gasteiger partial charge in [0.2, 0.25) is 5.91 Å². The van der Waals surface area contributed by atoms with Crippen molar-refractivity contribution in [3.05, 3.63) is 59.1 Å². The van der Waals surface area contributed by atoms with Crippen LogP contribution in [0.15, 0.2) is 48.5 Å². The van der Waals surface area contributed by atoms with E-state index < -0.39 is 0 Å². The Labute approximate surface area is 146 Å². The molecule has 0 aliphatic rings. The third kappa shape index (κ3) is 5.28. The van der Waals surface area contributed by atoms with Gasteiger partial charge in [-0.15, -0.1) is 0 Å². The topological polar surface area (TPSA) is 70.2 Å². The van der Waals surface area contributed by atoms with Crippen LogP contribution in [0.4, 0.5) is 11.4 Å². The number of amides is 2. The molecule has 5 nitrogen and oxygen atoms in total. The molecule has 2 aromatic rings. The molecule has 0 saturated heterocycles. The molecule has 3 N–H and O–H groups in total. The second-order valence-electron chi connectivity index (χ2n) is 5.21. The van der Waals surface area contributed by atoms with Crippen LogP contribution in [0.5, 0.6) is 0 Å². The van der Waals surface area contributed by atoms with Crippen molar-refractivity contribution in [1.82, 2.24) is 5.32 Å². The summed E-state index contributed by atoms with van der Waals surface area (Å²) in [6.07, 6.45) is 0.849. The molecular formula is C18H20ClN3O2. The van der Waals surface area contributed by atoms with Crippen LogP contribution in [0, 0.1) is 0 Å². The molecule has 2 rings (SSSR count). The number of halogens is 1. The van der Waals surface area contributed by atoms with Gasteiger partial charge < -0.3 is 16.0 Å². The fourth-order valence-electron chi connectivity index (χ4n) is 2.10. The van der Waals surface area contributed by atoms with Crippen LogP contribution in [0.25, 0.3) is 0 Å². The van der Waals surface area contributed by atoms with Gasteiger partial charge in [-0.05, 0) is 36.8 Å². The lowest BCUT2D eigenvalue weighted by Gasteiger charge is -2.13. The molecule has 0 unspecified atom stereocenters. The minimum absolute atomic E-state index is 0.0310. The van der Waals surface area contributed by atoms with E-state index in [4.69, 9.17) is 11.6 Å². The van der Waals surface area contributed by atoms with Crippen LogP contribution >= 0.6 is 11.6 Å². The molecule has 0 saturated carbocycles. The van der Waals surface area contributed by atoms with Gasteiger partial charge in [-0.3, -0.25) is 9.59 Å². The Morgan fingerprint density at radius 2 is 1.83 bits per heavy atom. The van der Waals surface area contributed by atoms with E-state index in [1.807, 2.05) is 25.1 Å². The third-order valence-electron chi connectivity index (χ3n) is 3.26. The van der Waals surface area contributed by atoms with Gasteiger partial charge >= 0.3 is 0 Å². The molecule has 0 aliphatic carbocycles. The van der Waals surface area contributed by atoms with E-state index in [-0.39, 0.29) is 18.4 Å². The molecule has 0 aliphatic heterocycles. The zero-order valence-corrected chi connectivity index (χ0v) is 14.2. The minimum atomic E-state index is -0.207. The Morgan fingerprint density at radius 1 is 1.08 bits per heavy atom. The molecule has 0 aromatic heterocycles. The number of rotatable bonds is 7. The number of nitrogens with one attached hydrogen (secondary N) is 3. The lowest BCUT2D eigenvalue weighted by Crippen LogP contribution is -2.27. The highest BCUT2D eigenvalue weighted by molar-refractivity contribution is 6.31. The smallest absolute Gasteiger partial charge is 0.253 e. The molecule has 0 fully saturated rings. The average Bonchev–Trinajstić information content (AvgIpc) is 2.59. The van der Waals surface area contributed by atoms with Crippen molar-refractivity contribution in [2.75, 3.05) is 23.7 Å². The third-order valence-corrected chi connectivity index (χ3v) is 3.49. The molecular weight excluding hydrogens is 326 g/mol. The number of anilines is 2. The van der Waals surface area contributed by atoms with Crippen molar-refractivity contribution in [2.45, 2.75) is 13.3 Å². The number of carbonyl (C=O) groups is 2. The Hall–Kier alpha value is -2.53. The highest BCUT2D eigenvalue weighted by atomic mass is 35.5. The van der Waals surface area contributed by atoms with E-state index >= 15 is 0 Å². The van der Waals surface area contributed by atoms with E-state index in [1.165, 1.54) is 0 Å². The first kappa shape index (κ1) is 17.8. The summed E-state index contributed by atoms with van der Waals surface area (Å²) < 4.78 is 0. The number of benzene rings is 2. The van der Waals surface area contributed by atoms with Crippen molar-refractivity contribution in [3.63, 3.8) is 0 Å². The van der Waals surface area contributed by atoms with Crippen molar-refractivity contribution < 1.29 is 9.59 Å². The average molecular weight is 346 g/mol. The first-order chi connectivity index (χ1) is 11.6. The van der Waals surface area contributed by atoms with Gasteiger partial charge in [0.05, 0.1) is 12.1 Å². The van der Waals surface area contributed by atoms with Crippen molar-refractivity contribution in [2.24, 2.45) is 0 Å². The van der Waals surface area contributed by atoms with Crippen molar-refractivity contribution in [3.8, 4) is 0 Å². The second-order valence-corrected chi connectivity index (χ2v) is 5.65. The van der Waals surface area contributed by atoms with Gasteiger partial charge in [-0.25, -0.2) is 0 Å². The van der Waals surface area contributed by atoms with Crippen LogP contribution in [0.1, 0.15) is 23.7 Å². The Morgan fingerprint density at radius 3 is 2.54 bits per heavy atom. The minimum Gasteiger partial charge on any atom is -0.375 e. The zero-order valence-electron chi connectivity index (χ0n) is 13.4. The normalized spacial score (nSPS) is 10.1. The molecule has 0 heterocycles. The maximum Gasteiger partial charge on any atom is 0.253 e. The van der Waals surface area contributed by atoms with E-state index in [0.29, 0.717) is 22.8 Å². The summed E-state index contributed by atoms with van der Waals surface area (Å²) in [5.74, 6) is -0.402. The number of carbonyl (C=O) groups excluding carboxylic acids is 2. The fraction of sp³-hybridized carbons (Fsp3) is 0.222. The maximum atomic E-state index is 12.2. The second kappa shape index (κ2) is 8.93. The quantitative estimate of drug-likeness (QED) is 0.719. The van der Waals surface area contributed by atoms with Crippen LogP contribution < -0.4 is 16.0 Å². The van der Waals surface area contributed by atoms with Gasteiger partial charge in [0.25, 0.3) is 5.91 Å². The molecule has 2 amide bonds. The van der Waals surface area contributed by atoms with E-state index in [2.05, 4.69) is 16.0 Å². The summed E-state index contributed by atoms with van der Waals surface area (Å²) in [4.78, 5) is 24.2. The highest BCUT2D eigenvalue weighted by Gasteiger charge is 2.12. The summed E-state index contributed by atoms with van der Waals surface area (Å²) in [5.41, 5.74) is 1.70. The first-order valence-corrected chi connectivity index (χ1v) is 8.14. The van der Waals surface area contributed by atoms with Crippen molar-refractivity contribution in [1.29, 1.82) is 0 Å². The van der Waals surface area contributed by atoms with Crippen molar-refractivity contribution >= 4 is 34.8 Å². The molecule has 126 valence electrons.